The van der Waals surface area contributed by atoms with Crippen molar-refractivity contribution in [3.63, 3.8) is 0 Å². The number of rotatable bonds is 6. The number of fused-ring (bicyclic) bond motifs is 2. The lowest BCUT2D eigenvalue weighted by atomic mass is 10.1. The predicted octanol–water partition coefficient (Wildman–Crippen LogP) is 5.23. The fraction of sp³-hybridized carbons (Fsp3) is 0.238. The number of furan rings is 1. The predicted molar refractivity (Wildman–Crippen MR) is 110 cm³/mol. The van der Waals surface area contributed by atoms with E-state index in [1.807, 2.05) is 56.3 Å². The second-order valence-electron chi connectivity index (χ2n) is 6.55. The van der Waals surface area contributed by atoms with Crippen LogP contribution in [0.15, 0.2) is 46.9 Å². The largest absolute Gasteiger partial charge is 0.494 e. The fourth-order valence-electron chi connectivity index (χ4n) is 2.97. The number of methoxy groups -OCH3 is 1. The summed E-state index contributed by atoms with van der Waals surface area (Å²) in [5.41, 5.74) is 2.11. The third-order valence-electron chi connectivity index (χ3n) is 4.29. The van der Waals surface area contributed by atoms with Gasteiger partial charge in [-0.05, 0) is 32.0 Å². The van der Waals surface area contributed by atoms with Crippen LogP contribution in [-0.4, -0.2) is 24.1 Å². The lowest BCUT2D eigenvalue weighted by molar-refractivity contribution is 0.0648. The zero-order valence-electron chi connectivity index (χ0n) is 15.8. The van der Waals surface area contributed by atoms with Crippen LogP contribution in [0.2, 0.25) is 0 Å². The monoisotopic (exact) mass is 396 g/mol. The number of carbonyl (C=O) groups is 1. The molecule has 0 bridgehead atoms. The molecule has 0 saturated carbocycles. The molecule has 0 fully saturated rings. The molecular weight excluding hydrogens is 376 g/mol. The second kappa shape index (κ2) is 7.61. The molecule has 2 aromatic heterocycles. The van der Waals surface area contributed by atoms with E-state index in [2.05, 4.69) is 10.3 Å². The Morgan fingerprint density at radius 2 is 2.04 bits per heavy atom. The van der Waals surface area contributed by atoms with Crippen LogP contribution >= 0.6 is 11.3 Å². The van der Waals surface area contributed by atoms with Gasteiger partial charge in [-0.2, -0.15) is 0 Å². The van der Waals surface area contributed by atoms with E-state index in [1.54, 1.807) is 7.11 Å². The summed E-state index contributed by atoms with van der Waals surface area (Å²) in [5, 5.41) is 4.21. The molecule has 0 aliphatic carbocycles. The Bertz CT molecular complexity index is 1150. The number of nitrogens with one attached hydrogen (secondary N) is 1. The summed E-state index contributed by atoms with van der Waals surface area (Å²) in [7, 11) is 1.60. The van der Waals surface area contributed by atoms with Crippen molar-refractivity contribution in [2.24, 2.45) is 0 Å². The Kier molecular flexibility index (Phi) is 5.02. The van der Waals surface area contributed by atoms with E-state index < -0.39 is 0 Å². The van der Waals surface area contributed by atoms with Crippen molar-refractivity contribution >= 4 is 43.6 Å². The van der Waals surface area contributed by atoms with Crippen molar-refractivity contribution in [1.29, 1.82) is 0 Å². The number of amides is 1. The van der Waals surface area contributed by atoms with Crippen molar-refractivity contribution in [3.05, 3.63) is 53.8 Å². The lowest BCUT2D eigenvalue weighted by Gasteiger charge is -2.08. The van der Waals surface area contributed by atoms with Crippen LogP contribution in [0.5, 0.6) is 5.75 Å². The van der Waals surface area contributed by atoms with Crippen LogP contribution in [0.1, 0.15) is 30.0 Å². The topological polar surface area (TPSA) is 73.6 Å². The number of carbonyl (C=O) groups excluding carboxylic acids is 1. The van der Waals surface area contributed by atoms with E-state index in [-0.39, 0.29) is 17.8 Å². The van der Waals surface area contributed by atoms with Gasteiger partial charge in [-0.3, -0.25) is 10.1 Å². The average Bonchev–Trinajstić information content (AvgIpc) is 3.26. The fourth-order valence-corrected chi connectivity index (χ4v) is 3.85. The molecule has 0 atom stereocenters. The Balaban J connectivity index is 1.68. The molecule has 7 heteroatoms. The standard InChI is InChI=1S/C21H20N2O4S/c1-12(2)26-11-14-13-7-4-5-8-15(13)27-19(14)20(24)23-21-22-18-16(25-3)9-6-10-17(18)28-21/h4-10,12H,11H2,1-3H3,(H,22,23,24). The maximum Gasteiger partial charge on any atom is 0.293 e. The van der Waals surface area contributed by atoms with Gasteiger partial charge in [0.25, 0.3) is 5.91 Å². The van der Waals surface area contributed by atoms with Crippen molar-refractivity contribution in [2.45, 2.75) is 26.6 Å². The summed E-state index contributed by atoms with van der Waals surface area (Å²) in [4.78, 5) is 17.5. The zero-order chi connectivity index (χ0) is 19.7. The summed E-state index contributed by atoms with van der Waals surface area (Å²) in [6.45, 7) is 4.21. The number of thiazole rings is 1. The maximum atomic E-state index is 13.0. The van der Waals surface area contributed by atoms with Crippen LogP contribution in [0.25, 0.3) is 21.2 Å². The SMILES string of the molecule is COc1cccc2sc(NC(=O)c3oc4ccccc4c3COC(C)C)nc12. The third-order valence-corrected chi connectivity index (χ3v) is 5.22. The first-order valence-corrected chi connectivity index (χ1v) is 9.75. The second-order valence-corrected chi connectivity index (χ2v) is 7.58. The third kappa shape index (κ3) is 3.46. The molecule has 0 saturated heterocycles. The number of hydrogen-bond donors (Lipinski definition) is 1. The summed E-state index contributed by atoms with van der Waals surface area (Å²) in [6, 6.07) is 13.2. The highest BCUT2D eigenvalue weighted by Crippen LogP contribution is 2.33. The molecular formula is C21H20N2O4S. The molecule has 0 radical (unpaired) electrons. The molecule has 1 amide bonds. The van der Waals surface area contributed by atoms with Crippen molar-refractivity contribution < 1.29 is 18.7 Å². The minimum absolute atomic E-state index is 0.0429. The van der Waals surface area contributed by atoms with E-state index in [0.29, 0.717) is 23.1 Å². The highest BCUT2D eigenvalue weighted by atomic mass is 32.1. The van der Waals surface area contributed by atoms with E-state index in [1.165, 1.54) is 11.3 Å². The number of nitrogens with zero attached hydrogens (tertiary/aromatic N) is 1. The van der Waals surface area contributed by atoms with Gasteiger partial charge in [0.1, 0.15) is 16.8 Å². The Labute approximate surface area is 166 Å². The quantitative estimate of drug-likeness (QED) is 0.483. The molecule has 6 nitrogen and oxygen atoms in total. The van der Waals surface area contributed by atoms with Crippen LogP contribution in [0, 0.1) is 0 Å². The average molecular weight is 396 g/mol. The molecule has 2 aromatic carbocycles. The van der Waals surface area contributed by atoms with Gasteiger partial charge in [-0.1, -0.05) is 35.6 Å². The van der Waals surface area contributed by atoms with Gasteiger partial charge in [0.05, 0.1) is 24.5 Å². The highest BCUT2D eigenvalue weighted by Gasteiger charge is 2.22. The first-order chi connectivity index (χ1) is 13.6. The van der Waals surface area contributed by atoms with E-state index in [9.17, 15) is 4.79 Å². The van der Waals surface area contributed by atoms with Crippen molar-refractivity contribution in [3.8, 4) is 5.75 Å². The summed E-state index contributed by atoms with van der Waals surface area (Å²) in [5.74, 6) is 0.564. The first kappa shape index (κ1) is 18.5. The van der Waals surface area contributed by atoms with E-state index >= 15 is 0 Å². The molecule has 0 aliphatic rings. The minimum Gasteiger partial charge on any atom is -0.494 e. The van der Waals surface area contributed by atoms with Gasteiger partial charge < -0.3 is 13.9 Å². The van der Waals surface area contributed by atoms with E-state index in [4.69, 9.17) is 13.9 Å². The summed E-state index contributed by atoms with van der Waals surface area (Å²) >= 11 is 1.38. The number of aromatic nitrogens is 1. The van der Waals surface area contributed by atoms with Gasteiger partial charge in [0.15, 0.2) is 10.9 Å². The van der Waals surface area contributed by atoms with Crippen LogP contribution in [0.4, 0.5) is 5.13 Å². The number of ether oxygens (including phenoxy) is 2. The van der Waals surface area contributed by atoms with Crippen LogP contribution < -0.4 is 10.1 Å². The van der Waals surface area contributed by atoms with Crippen molar-refractivity contribution in [2.75, 3.05) is 12.4 Å². The molecule has 28 heavy (non-hydrogen) atoms. The van der Waals surface area contributed by atoms with Gasteiger partial charge in [0, 0.05) is 10.9 Å². The summed E-state index contributed by atoms with van der Waals surface area (Å²) < 4.78 is 17.9. The number of para-hydroxylation sites is 2. The minimum atomic E-state index is -0.350. The van der Waals surface area contributed by atoms with Crippen molar-refractivity contribution in [1.82, 2.24) is 4.98 Å². The molecule has 4 aromatic rings. The number of anilines is 1. The Hall–Kier alpha value is -2.90. The van der Waals surface area contributed by atoms with Gasteiger partial charge >= 0.3 is 0 Å². The summed E-state index contributed by atoms with van der Waals surface area (Å²) in [6.07, 6.45) is 0.0429. The molecule has 0 spiro atoms. The van der Waals surface area contributed by atoms with Crippen LogP contribution in [0.3, 0.4) is 0 Å². The van der Waals surface area contributed by atoms with Gasteiger partial charge in [0.2, 0.25) is 0 Å². The number of benzene rings is 2. The van der Waals surface area contributed by atoms with Gasteiger partial charge in [-0.15, -0.1) is 0 Å². The van der Waals surface area contributed by atoms with Crippen LogP contribution in [-0.2, 0) is 11.3 Å². The lowest BCUT2D eigenvalue weighted by Crippen LogP contribution is -2.14. The molecule has 144 valence electrons. The Morgan fingerprint density at radius 1 is 1.21 bits per heavy atom. The molecule has 0 unspecified atom stereocenters. The highest BCUT2D eigenvalue weighted by molar-refractivity contribution is 7.22. The molecule has 0 aliphatic heterocycles. The van der Waals surface area contributed by atoms with Gasteiger partial charge in [-0.25, -0.2) is 4.98 Å². The first-order valence-electron chi connectivity index (χ1n) is 8.93. The molecule has 1 N–H and O–H groups in total. The number of hydrogen-bond acceptors (Lipinski definition) is 6. The zero-order valence-corrected chi connectivity index (χ0v) is 16.6. The normalized spacial score (nSPS) is 11.4. The Morgan fingerprint density at radius 3 is 2.82 bits per heavy atom. The molecule has 4 rings (SSSR count). The van der Waals surface area contributed by atoms with E-state index in [0.717, 1.165) is 21.2 Å². The maximum absolute atomic E-state index is 13.0. The smallest absolute Gasteiger partial charge is 0.293 e. The molecule has 2 heterocycles.